The summed E-state index contributed by atoms with van der Waals surface area (Å²) < 4.78 is 0. The number of hydrogen-bond acceptors (Lipinski definition) is 1. The molecule has 1 aromatic carbocycles. The van der Waals surface area contributed by atoms with Gasteiger partial charge in [-0.1, -0.05) is 57.7 Å². The zero-order valence-corrected chi connectivity index (χ0v) is 14.1. The summed E-state index contributed by atoms with van der Waals surface area (Å²) in [6, 6.07) is 7.51. The highest BCUT2D eigenvalue weighted by atomic mass is 14.9. The molecule has 0 spiro atoms. The Balaban J connectivity index is 2.58. The summed E-state index contributed by atoms with van der Waals surface area (Å²) in [5, 5.41) is 3.53. The second kappa shape index (κ2) is 9.18. The Morgan fingerprint density at radius 2 is 1.85 bits per heavy atom. The fourth-order valence-corrected chi connectivity index (χ4v) is 2.90. The van der Waals surface area contributed by atoms with Crippen LogP contribution in [-0.4, -0.2) is 13.1 Å². The zero-order valence-electron chi connectivity index (χ0n) is 14.1. The molecule has 0 bridgehead atoms. The van der Waals surface area contributed by atoms with Crippen LogP contribution in [0.5, 0.6) is 0 Å². The van der Waals surface area contributed by atoms with Gasteiger partial charge >= 0.3 is 0 Å². The minimum Gasteiger partial charge on any atom is -0.317 e. The van der Waals surface area contributed by atoms with Crippen LogP contribution in [0.4, 0.5) is 0 Å². The third kappa shape index (κ3) is 5.66. The quantitative estimate of drug-likeness (QED) is 0.665. The van der Waals surface area contributed by atoms with Gasteiger partial charge < -0.3 is 5.32 Å². The Morgan fingerprint density at radius 1 is 1.10 bits per heavy atom. The maximum atomic E-state index is 3.53. The van der Waals surface area contributed by atoms with Crippen molar-refractivity contribution in [2.75, 3.05) is 7.05 Å². The number of rotatable bonds is 9. The number of unbranched alkanes of at least 4 members (excludes halogenated alkanes) is 1. The van der Waals surface area contributed by atoms with E-state index in [1.165, 1.54) is 48.8 Å². The van der Waals surface area contributed by atoms with Crippen molar-refractivity contribution in [2.45, 2.75) is 72.3 Å². The van der Waals surface area contributed by atoms with Crippen molar-refractivity contribution in [3.63, 3.8) is 0 Å². The minimum absolute atomic E-state index is 0.610. The molecule has 1 aromatic rings. The van der Waals surface area contributed by atoms with Gasteiger partial charge in [-0.05, 0) is 56.3 Å². The van der Waals surface area contributed by atoms with Crippen molar-refractivity contribution in [3.05, 3.63) is 34.9 Å². The second-order valence-corrected chi connectivity index (χ2v) is 6.26. The molecule has 1 N–H and O–H groups in total. The zero-order chi connectivity index (χ0) is 15.0. The molecule has 0 aliphatic rings. The van der Waals surface area contributed by atoms with Gasteiger partial charge in [0, 0.05) is 6.04 Å². The van der Waals surface area contributed by atoms with Crippen LogP contribution in [0, 0.1) is 19.8 Å². The van der Waals surface area contributed by atoms with E-state index >= 15 is 0 Å². The first-order chi connectivity index (χ1) is 9.60. The lowest BCUT2D eigenvalue weighted by molar-refractivity contribution is 0.358. The Hall–Kier alpha value is -0.820. The smallest absolute Gasteiger partial charge is 0.0107 e. The number of aryl methyl sites for hydroxylation is 2. The van der Waals surface area contributed by atoms with E-state index in [0.717, 1.165) is 12.3 Å². The monoisotopic (exact) mass is 275 g/mol. The van der Waals surface area contributed by atoms with Crippen LogP contribution in [-0.2, 0) is 6.42 Å². The van der Waals surface area contributed by atoms with Crippen LogP contribution in [0.3, 0.4) is 0 Å². The Kier molecular flexibility index (Phi) is 7.91. The molecule has 0 aliphatic heterocycles. The summed E-state index contributed by atoms with van der Waals surface area (Å²) in [4.78, 5) is 0. The van der Waals surface area contributed by atoms with E-state index in [2.05, 4.69) is 58.3 Å². The largest absolute Gasteiger partial charge is 0.317 e. The van der Waals surface area contributed by atoms with Gasteiger partial charge in [-0.15, -0.1) is 0 Å². The molecular formula is C19H33N. The molecule has 1 nitrogen and oxygen atoms in total. The minimum atomic E-state index is 0.610. The first-order valence-electron chi connectivity index (χ1n) is 8.34. The fraction of sp³-hybridized carbons (Fsp3) is 0.684. The summed E-state index contributed by atoms with van der Waals surface area (Å²) in [5.41, 5.74) is 4.28. The van der Waals surface area contributed by atoms with Crippen LogP contribution < -0.4 is 5.32 Å². The summed E-state index contributed by atoms with van der Waals surface area (Å²) in [6.07, 6.45) is 7.85. The van der Waals surface area contributed by atoms with Crippen molar-refractivity contribution in [1.82, 2.24) is 5.32 Å². The lowest BCUT2D eigenvalue weighted by Gasteiger charge is -2.23. The molecular weight excluding hydrogens is 242 g/mol. The van der Waals surface area contributed by atoms with Crippen LogP contribution >= 0.6 is 0 Å². The Morgan fingerprint density at radius 3 is 2.40 bits per heavy atom. The van der Waals surface area contributed by atoms with Gasteiger partial charge in [0.2, 0.25) is 0 Å². The van der Waals surface area contributed by atoms with Gasteiger partial charge in [-0.25, -0.2) is 0 Å². The van der Waals surface area contributed by atoms with E-state index in [0.29, 0.717) is 6.04 Å². The highest BCUT2D eigenvalue weighted by Gasteiger charge is 2.14. The number of benzene rings is 1. The van der Waals surface area contributed by atoms with Gasteiger partial charge in [-0.2, -0.15) is 0 Å². The van der Waals surface area contributed by atoms with Gasteiger partial charge in [0.25, 0.3) is 0 Å². The fourth-order valence-electron chi connectivity index (χ4n) is 2.90. The molecule has 0 aliphatic carbocycles. The predicted molar refractivity (Wildman–Crippen MR) is 90.4 cm³/mol. The lowest BCUT2D eigenvalue weighted by Crippen LogP contribution is -2.30. The maximum Gasteiger partial charge on any atom is 0.0107 e. The molecule has 0 fully saturated rings. The van der Waals surface area contributed by atoms with Crippen LogP contribution in [0.25, 0.3) is 0 Å². The number of likely N-dealkylation sites (N-methyl/N-ethyl adjacent to an activating group) is 1. The highest BCUT2D eigenvalue weighted by molar-refractivity contribution is 5.30. The molecule has 1 heteroatoms. The molecule has 0 radical (unpaired) electrons. The van der Waals surface area contributed by atoms with Crippen molar-refractivity contribution in [3.8, 4) is 0 Å². The van der Waals surface area contributed by atoms with Gasteiger partial charge in [-0.3, -0.25) is 0 Å². The molecule has 0 saturated heterocycles. The molecule has 2 atom stereocenters. The lowest BCUT2D eigenvalue weighted by atomic mass is 9.89. The highest BCUT2D eigenvalue weighted by Crippen LogP contribution is 2.21. The Labute approximate surface area is 126 Å². The summed E-state index contributed by atoms with van der Waals surface area (Å²) >= 11 is 0. The van der Waals surface area contributed by atoms with Gasteiger partial charge in [0.05, 0.1) is 0 Å². The summed E-state index contributed by atoms with van der Waals surface area (Å²) in [6.45, 7) is 9.02. The van der Waals surface area contributed by atoms with Crippen molar-refractivity contribution >= 4 is 0 Å². The van der Waals surface area contributed by atoms with E-state index in [-0.39, 0.29) is 0 Å². The van der Waals surface area contributed by atoms with Crippen LogP contribution in [0.2, 0.25) is 0 Å². The van der Waals surface area contributed by atoms with E-state index in [1.54, 1.807) is 0 Å². The molecule has 0 amide bonds. The van der Waals surface area contributed by atoms with Gasteiger partial charge in [0.15, 0.2) is 0 Å². The predicted octanol–water partition coefficient (Wildman–Crippen LogP) is 5.04. The van der Waals surface area contributed by atoms with Crippen molar-refractivity contribution in [1.29, 1.82) is 0 Å². The van der Waals surface area contributed by atoms with Crippen molar-refractivity contribution in [2.24, 2.45) is 5.92 Å². The van der Waals surface area contributed by atoms with Crippen LogP contribution in [0.1, 0.15) is 62.6 Å². The number of hydrogen-bond donors (Lipinski definition) is 1. The normalized spacial score (nSPS) is 14.2. The average molecular weight is 275 g/mol. The summed E-state index contributed by atoms with van der Waals surface area (Å²) in [5.74, 6) is 0.874. The van der Waals surface area contributed by atoms with E-state index in [4.69, 9.17) is 0 Å². The average Bonchev–Trinajstić information content (AvgIpc) is 2.46. The molecule has 20 heavy (non-hydrogen) atoms. The molecule has 0 saturated carbocycles. The van der Waals surface area contributed by atoms with E-state index < -0.39 is 0 Å². The SMILES string of the molecule is CCCCC(CC)CC(Cc1ccc(C)c(C)c1)NC. The standard InChI is InChI=1S/C19H33N/c1-6-8-9-17(7-2)13-19(20-5)14-18-11-10-15(3)16(4)12-18/h10-12,17,19-20H,6-9,13-14H2,1-5H3. The Bertz CT molecular complexity index is 383. The first kappa shape index (κ1) is 17.2. The van der Waals surface area contributed by atoms with Crippen molar-refractivity contribution < 1.29 is 0 Å². The third-order valence-electron chi connectivity index (χ3n) is 4.62. The van der Waals surface area contributed by atoms with E-state index in [1.807, 2.05) is 0 Å². The molecule has 114 valence electrons. The van der Waals surface area contributed by atoms with Gasteiger partial charge in [0.1, 0.15) is 0 Å². The first-order valence-corrected chi connectivity index (χ1v) is 8.34. The third-order valence-corrected chi connectivity index (χ3v) is 4.62. The van der Waals surface area contributed by atoms with E-state index in [9.17, 15) is 0 Å². The topological polar surface area (TPSA) is 12.0 Å². The second-order valence-electron chi connectivity index (χ2n) is 6.26. The molecule has 1 rings (SSSR count). The summed E-state index contributed by atoms with van der Waals surface area (Å²) in [7, 11) is 2.11. The maximum absolute atomic E-state index is 3.53. The number of nitrogens with one attached hydrogen (secondary N) is 1. The van der Waals surface area contributed by atoms with Crippen LogP contribution in [0.15, 0.2) is 18.2 Å². The molecule has 0 aromatic heterocycles. The molecule has 0 heterocycles. The molecule has 2 unspecified atom stereocenters.